The normalized spacial score (nSPS) is 15.1. The molecule has 0 saturated heterocycles. The predicted molar refractivity (Wildman–Crippen MR) is 95.6 cm³/mol. The molecule has 2 N–H and O–H groups in total. The molecule has 3 rings (SSSR count). The van der Waals surface area contributed by atoms with Crippen molar-refractivity contribution < 1.29 is 4.79 Å². The van der Waals surface area contributed by atoms with Gasteiger partial charge in [-0.2, -0.15) is 0 Å². The maximum absolute atomic E-state index is 12.4. The van der Waals surface area contributed by atoms with Gasteiger partial charge in [0.2, 0.25) is 0 Å². The summed E-state index contributed by atoms with van der Waals surface area (Å²) in [5.74, 6) is 0.515. The summed E-state index contributed by atoms with van der Waals surface area (Å²) in [4.78, 5) is 20.8. The second kappa shape index (κ2) is 7.43. The zero-order valence-corrected chi connectivity index (χ0v) is 14.3. The Balaban J connectivity index is 1.71. The number of hydrogen-bond donors (Lipinski definition) is 2. The van der Waals surface area contributed by atoms with E-state index in [2.05, 4.69) is 38.8 Å². The summed E-state index contributed by atoms with van der Waals surface area (Å²) in [5, 5.41) is 6.37. The fraction of sp³-hybridized carbons (Fsp3) is 0.421. The molecule has 2 aromatic rings. The molecule has 5 nitrogen and oxygen atoms in total. The third-order valence-electron chi connectivity index (χ3n) is 4.50. The van der Waals surface area contributed by atoms with Crippen LogP contribution in [0.3, 0.4) is 0 Å². The Kier molecular flexibility index (Phi) is 5.08. The smallest absolute Gasteiger partial charge is 0.270 e. The first-order chi connectivity index (χ1) is 11.6. The first kappa shape index (κ1) is 16.4. The molecule has 0 spiro atoms. The molecule has 1 saturated carbocycles. The van der Waals surface area contributed by atoms with Gasteiger partial charge >= 0.3 is 0 Å². The predicted octanol–water partition coefficient (Wildman–Crippen LogP) is 3.90. The van der Waals surface area contributed by atoms with Crippen LogP contribution in [0.1, 0.15) is 53.7 Å². The topological polar surface area (TPSA) is 66.9 Å². The lowest BCUT2D eigenvalue weighted by Crippen LogP contribution is -2.36. The Hall–Kier alpha value is -2.43. The highest BCUT2D eigenvalue weighted by atomic mass is 16.1. The molecule has 0 atom stereocenters. The van der Waals surface area contributed by atoms with Crippen molar-refractivity contribution in [2.24, 2.45) is 0 Å². The van der Waals surface area contributed by atoms with Gasteiger partial charge in [-0.3, -0.25) is 4.79 Å². The average Bonchev–Trinajstić information content (AvgIpc) is 2.59. The van der Waals surface area contributed by atoms with E-state index in [1.807, 2.05) is 13.8 Å². The van der Waals surface area contributed by atoms with Crippen LogP contribution in [0.25, 0.3) is 0 Å². The Morgan fingerprint density at radius 1 is 1.08 bits per heavy atom. The van der Waals surface area contributed by atoms with Crippen LogP contribution in [0.2, 0.25) is 0 Å². The van der Waals surface area contributed by atoms with Crippen molar-refractivity contribution in [1.82, 2.24) is 15.3 Å². The first-order valence-electron chi connectivity index (χ1n) is 8.59. The molecule has 5 heteroatoms. The van der Waals surface area contributed by atoms with Crippen molar-refractivity contribution in [1.29, 1.82) is 0 Å². The number of aromatic nitrogens is 2. The highest BCUT2D eigenvalue weighted by Gasteiger charge is 2.17. The second-order valence-corrected chi connectivity index (χ2v) is 6.54. The molecule has 24 heavy (non-hydrogen) atoms. The fourth-order valence-corrected chi connectivity index (χ4v) is 3.06. The van der Waals surface area contributed by atoms with Crippen LogP contribution in [0.15, 0.2) is 30.6 Å². The van der Waals surface area contributed by atoms with Gasteiger partial charge < -0.3 is 10.6 Å². The molecule has 1 aliphatic carbocycles. The van der Waals surface area contributed by atoms with Gasteiger partial charge in [0.05, 0.1) is 0 Å². The number of aryl methyl sites for hydroxylation is 2. The van der Waals surface area contributed by atoms with Gasteiger partial charge in [0.1, 0.15) is 17.8 Å². The van der Waals surface area contributed by atoms with Gasteiger partial charge in [0.25, 0.3) is 5.91 Å². The molecular formula is C19H24N4O. The molecular weight excluding hydrogens is 300 g/mol. The number of benzene rings is 1. The molecule has 1 aliphatic rings. The van der Waals surface area contributed by atoms with Gasteiger partial charge in [-0.15, -0.1) is 0 Å². The van der Waals surface area contributed by atoms with E-state index in [0.29, 0.717) is 11.5 Å². The van der Waals surface area contributed by atoms with E-state index in [-0.39, 0.29) is 11.9 Å². The number of amides is 1. The molecule has 1 heterocycles. The van der Waals surface area contributed by atoms with Crippen molar-refractivity contribution in [2.75, 3.05) is 5.32 Å². The largest absolute Gasteiger partial charge is 0.348 e. The number of carbonyl (C=O) groups excluding carboxylic acids is 1. The van der Waals surface area contributed by atoms with Crippen molar-refractivity contribution in [3.05, 3.63) is 47.4 Å². The molecule has 0 radical (unpaired) electrons. The Bertz CT molecular complexity index is 723. The Morgan fingerprint density at radius 2 is 1.88 bits per heavy atom. The number of rotatable bonds is 4. The third-order valence-corrected chi connectivity index (χ3v) is 4.50. The van der Waals surface area contributed by atoms with E-state index in [0.717, 1.165) is 24.1 Å². The van der Waals surface area contributed by atoms with E-state index in [1.165, 1.54) is 31.2 Å². The number of nitrogens with zero attached hydrogens (tertiary/aromatic N) is 2. The average molecular weight is 324 g/mol. The van der Waals surface area contributed by atoms with Crippen LogP contribution in [0, 0.1) is 13.8 Å². The van der Waals surface area contributed by atoms with Crippen molar-refractivity contribution >= 4 is 17.4 Å². The molecule has 1 aromatic heterocycles. The minimum Gasteiger partial charge on any atom is -0.348 e. The van der Waals surface area contributed by atoms with Gasteiger partial charge in [0, 0.05) is 17.8 Å². The van der Waals surface area contributed by atoms with Gasteiger partial charge in [-0.25, -0.2) is 9.97 Å². The second-order valence-electron chi connectivity index (χ2n) is 6.54. The summed E-state index contributed by atoms with van der Waals surface area (Å²) in [7, 11) is 0. The lowest BCUT2D eigenvalue weighted by molar-refractivity contribution is 0.0922. The van der Waals surface area contributed by atoms with Crippen LogP contribution in [0.4, 0.5) is 11.5 Å². The van der Waals surface area contributed by atoms with Crippen molar-refractivity contribution in [3.8, 4) is 0 Å². The van der Waals surface area contributed by atoms with Crippen LogP contribution < -0.4 is 10.6 Å². The first-order valence-corrected chi connectivity index (χ1v) is 8.59. The van der Waals surface area contributed by atoms with Crippen molar-refractivity contribution in [3.63, 3.8) is 0 Å². The van der Waals surface area contributed by atoms with Gasteiger partial charge in [-0.05, 0) is 43.9 Å². The fourth-order valence-electron chi connectivity index (χ4n) is 3.06. The zero-order valence-electron chi connectivity index (χ0n) is 14.3. The SMILES string of the molecule is Cc1ccc(C)c(Nc2cc(C(=O)NC3CCCCC3)ncn2)c1. The Labute approximate surface area is 142 Å². The standard InChI is InChI=1S/C19H24N4O/c1-13-8-9-14(2)16(10-13)23-18-11-17(20-12-21-18)19(24)22-15-6-4-3-5-7-15/h8-12,15H,3-7H2,1-2H3,(H,22,24)(H,20,21,23). The van der Waals surface area contributed by atoms with E-state index < -0.39 is 0 Å². The lowest BCUT2D eigenvalue weighted by Gasteiger charge is -2.22. The van der Waals surface area contributed by atoms with E-state index in [4.69, 9.17) is 0 Å². The van der Waals surface area contributed by atoms with Gasteiger partial charge in [-0.1, -0.05) is 31.4 Å². The van der Waals surface area contributed by atoms with Crippen LogP contribution >= 0.6 is 0 Å². The van der Waals surface area contributed by atoms with Crippen LogP contribution in [0.5, 0.6) is 0 Å². The summed E-state index contributed by atoms with van der Waals surface area (Å²) in [6, 6.07) is 8.19. The number of anilines is 2. The van der Waals surface area contributed by atoms with Crippen molar-refractivity contribution in [2.45, 2.75) is 52.0 Å². The molecule has 1 fully saturated rings. The number of nitrogens with one attached hydrogen (secondary N) is 2. The maximum Gasteiger partial charge on any atom is 0.270 e. The number of hydrogen-bond acceptors (Lipinski definition) is 4. The molecule has 126 valence electrons. The molecule has 0 bridgehead atoms. The van der Waals surface area contributed by atoms with Crippen LogP contribution in [-0.4, -0.2) is 21.9 Å². The summed E-state index contributed by atoms with van der Waals surface area (Å²) in [5.41, 5.74) is 3.70. The molecule has 1 amide bonds. The summed E-state index contributed by atoms with van der Waals surface area (Å²) >= 11 is 0. The van der Waals surface area contributed by atoms with E-state index >= 15 is 0 Å². The summed E-state index contributed by atoms with van der Waals surface area (Å²) in [6.07, 6.45) is 7.20. The van der Waals surface area contributed by atoms with E-state index in [1.54, 1.807) is 6.07 Å². The quantitative estimate of drug-likeness (QED) is 0.895. The zero-order chi connectivity index (χ0) is 16.9. The highest BCUT2D eigenvalue weighted by molar-refractivity contribution is 5.93. The molecule has 0 unspecified atom stereocenters. The summed E-state index contributed by atoms with van der Waals surface area (Å²) in [6.45, 7) is 4.09. The lowest BCUT2D eigenvalue weighted by atomic mass is 9.95. The van der Waals surface area contributed by atoms with Crippen LogP contribution in [-0.2, 0) is 0 Å². The maximum atomic E-state index is 12.4. The van der Waals surface area contributed by atoms with E-state index in [9.17, 15) is 4.79 Å². The summed E-state index contributed by atoms with van der Waals surface area (Å²) < 4.78 is 0. The minimum atomic E-state index is -0.117. The minimum absolute atomic E-state index is 0.117. The Morgan fingerprint density at radius 3 is 2.67 bits per heavy atom. The van der Waals surface area contributed by atoms with Gasteiger partial charge in [0.15, 0.2) is 0 Å². The monoisotopic (exact) mass is 324 g/mol. The molecule has 1 aromatic carbocycles. The highest BCUT2D eigenvalue weighted by Crippen LogP contribution is 2.21. The number of carbonyl (C=O) groups is 1. The third kappa shape index (κ3) is 4.10. The molecule has 0 aliphatic heterocycles.